The van der Waals surface area contributed by atoms with Crippen LogP contribution in [0.3, 0.4) is 0 Å². The highest BCUT2D eigenvalue weighted by atomic mass is 127. The molecule has 5 heteroatoms. The van der Waals surface area contributed by atoms with Crippen molar-refractivity contribution in [2.45, 2.75) is 19.3 Å². The summed E-state index contributed by atoms with van der Waals surface area (Å²) in [7, 11) is 1.83. The zero-order chi connectivity index (χ0) is 12.1. The zero-order valence-corrected chi connectivity index (χ0v) is 13.3. The summed E-state index contributed by atoms with van der Waals surface area (Å²) in [5, 5.41) is 3.31. The molecular formula is C13H22IN3O. The van der Waals surface area contributed by atoms with Gasteiger partial charge in [0.2, 0.25) is 0 Å². The molecule has 1 atom stereocenters. The number of hydrogen-bond donors (Lipinski definition) is 1. The summed E-state index contributed by atoms with van der Waals surface area (Å²) in [6.45, 7) is 4.74. The second-order valence-electron chi connectivity index (χ2n) is 4.90. The maximum absolute atomic E-state index is 5.53. The van der Waals surface area contributed by atoms with Crippen LogP contribution in [0.5, 0.6) is 0 Å². The standard InChI is InChI=1S/C13H21N3O.HI/c1-3-4-7-15-12(14-2)16-8-5-13(10-16)6-9-17-11-13;/h1H,4-11H2,2H3,(H,14,15);1H. The minimum absolute atomic E-state index is 0. The molecule has 0 radical (unpaired) electrons. The lowest BCUT2D eigenvalue weighted by molar-refractivity contribution is 0.156. The molecule has 0 aromatic heterocycles. The predicted octanol–water partition coefficient (Wildman–Crippen LogP) is 1.32. The molecule has 4 nitrogen and oxygen atoms in total. The van der Waals surface area contributed by atoms with E-state index in [2.05, 4.69) is 21.1 Å². The summed E-state index contributed by atoms with van der Waals surface area (Å²) in [6.07, 6.45) is 8.38. The van der Waals surface area contributed by atoms with E-state index in [0.29, 0.717) is 5.41 Å². The van der Waals surface area contributed by atoms with Crippen molar-refractivity contribution in [3.63, 3.8) is 0 Å². The Kier molecular flexibility index (Phi) is 6.22. The number of aliphatic imine (C=N–C) groups is 1. The molecule has 0 amide bonds. The number of rotatable bonds is 2. The highest BCUT2D eigenvalue weighted by Crippen LogP contribution is 2.37. The summed E-state index contributed by atoms with van der Waals surface area (Å²) in [5.74, 6) is 3.61. The largest absolute Gasteiger partial charge is 0.381 e. The van der Waals surface area contributed by atoms with Crippen LogP contribution >= 0.6 is 24.0 Å². The number of ether oxygens (including phenoxy) is 1. The molecule has 0 aromatic rings. The first-order valence-corrected chi connectivity index (χ1v) is 6.26. The number of nitrogens with zero attached hydrogens (tertiary/aromatic N) is 2. The van der Waals surface area contributed by atoms with Gasteiger partial charge in [0.25, 0.3) is 0 Å². The number of halogens is 1. The molecule has 1 spiro atoms. The molecule has 2 aliphatic heterocycles. The smallest absolute Gasteiger partial charge is 0.193 e. The van der Waals surface area contributed by atoms with Crippen LogP contribution in [0.4, 0.5) is 0 Å². The number of hydrogen-bond acceptors (Lipinski definition) is 2. The first-order valence-electron chi connectivity index (χ1n) is 6.26. The topological polar surface area (TPSA) is 36.9 Å². The highest BCUT2D eigenvalue weighted by Gasteiger charge is 2.42. The van der Waals surface area contributed by atoms with Gasteiger partial charge in [0.15, 0.2) is 5.96 Å². The molecule has 102 valence electrons. The van der Waals surface area contributed by atoms with Crippen molar-refractivity contribution < 1.29 is 4.74 Å². The molecule has 2 aliphatic rings. The molecule has 2 rings (SSSR count). The number of nitrogens with one attached hydrogen (secondary N) is 1. The number of terminal acetylenes is 1. The van der Waals surface area contributed by atoms with Gasteiger partial charge < -0.3 is 15.0 Å². The fourth-order valence-electron chi connectivity index (χ4n) is 2.67. The van der Waals surface area contributed by atoms with Crippen LogP contribution in [-0.4, -0.2) is 50.8 Å². The van der Waals surface area contributed by atoms with Crippen LogP contribution in [-0.2, 0) is 4.74 Å². The van der Waals surface area contributed by atoms with E-state index in [4.69, 9.17) is 11.2 Å². The van der Waals surface area contributed by atoms with Crippen LogP contribution in [0.15, 0.2) is 4.99 Å². The number of guanidine groups is 1. The van der Waals surface area contributed by atoms with Crippen LogP contribution in [0, 0.1) is 17.8 Å². The Bertz CT molecular complexity index is 332. The average Bonchev–Trinajstić information content (AvgIpc) is 2.96. The Balaban J connectivity index is 0.00000162. The Morgan fingerprint density at radius 2 is 2.39 bits per heavy atom. The Labute approximate surface area is 127 Å². The highest BCUT2D eigenvalue weighted by molar-refractivity contribution is 14.0. The lowest BCUT2D eigenvalue weighted by Gasteiger charge is -2.24. The molecule has 0 saturated carbocycles. The van der Waals surface area contributed by atoms with Gasteiger partial charge >= 0.3 is 0 Å². The molecule has 0 bridgehead atoms. The van der Waals surface area contributed by atoms with Gasteiger partial charge in [0, 0.05) is 45.1 Å². The minimum atomic E-state index is 0. The SMILES string of the molecule is C#CCCNC(=NC)N1CCC2(CCOC2)C1.I. The third kappa shape index (κ3) is 3.51. The van der Waals surface area contributed by atoms with Gasteiger partial charge in [-0.05, 0) is 12.8 Å². The van der Waals surface area contributed by atoms with E-state index in [1.165, 1.54) is 12.8 Å². The van der Waals surface area contributed by atoms with Crippen molar-refractivity contribution in [3.05, 3.63) is 0 Å². The van der Waals surface area contributed by atoms with Crippen LogP contribution in [0.25, 0.3) is 0 Å². The summed E-state index contributed by atoms with van der Waals surface area (Å²) in [4.78, 5) is 6.64. The van der Waals surface area contributed by atoms with E-state index in [-0.39, 0.29) is 24.0 Å². The summed E-state index contributed by atoms with van der Waals surface area (Å²) < 4.78 is 5.53. The second-order valence-corrected chi connectivity index (χ2v) is 4.90. The predicted molar refractivity (Wildman–Crippen MR) is 84.3 cm³/mol. The minimum Gasteiger partial charge on any atom is -0.381 e. The Morgan fingerprint density at radius 1 is 1.56 bits per heavy atom. The van der Waals surface area contributed by atoms with Crippen molar-refractivity contribution in [1.29, 1.82) is 0 Å². The zero-order valence-electron chi connectivity index (χ0n) is 10.9. The van der Waals surface area contributed by atoms with Crippen molar-refractivity contribution in [1.82, 2.24) is 10.2 Å². The molecule has 0 aliphatic carbocycles. The molecule has 18 heavy (non-hydrogen) atoms. The van der Waals surface area contributed by atoms with E-state index in [0.717, 1.165) is 45.2 Å². The van der Waals surface area contributed by atoms with Gasteiger partial charge in [-0.3, -0.25) is 4.99 Å². The fourth-order valence-corrected chi connectivity index (χ4v) is 2.67. The summed E-state index contributed by atoms with van der Waals surface area (Å²) in [5.41, 5.74) is 0.379. The van der Waals surface area contributed by atoms with E-state index in [9.17, 15) is 0 Å². The van der Waals surface area contributed by atoms with Crippen molar-refractivity contribution in [3.8, 4) is 12.3 Å². The average molecular weight is 363 g/mol. The third-order valence-corrected chi connectivity index (χ3v) is 3.69. The van der Waals surface area contributed by atoms with Crippen LogP contribution in [0.1, 0.15) is 19.3 Å². The van der Waals surface area contributed by atoms with Crippen molar-refractivity contribution in [2.24, 2.45) is 10.4 Å². The molecule has 1 N–H and O–H groups in total. The molecule has 0 aromatic carbocycles. The Morgan fingerprint density at radius 3 is 3.00 bits per heavy atom. The molecular weight excluding hydrogens is 341 g/mol. The number of likely N-dealkylation sites (tertiary alicyclic amines) is 1. The quantitative estimate of drug-likeness (QED) is 0.264. The second kappa shape index (κ2) is 7.19. The maximum atomic E-state index is 5.53. The van der Waals surface area contributed by atoms with Gasteiger partial charge in [-0.15, -0.1) is 36.3 Å². The summed E-state index contributed by atoms with van der Waals surface area (Å²) >= 11 is 0. The maximum Gasteiger partial charge on any atom is 0.193 e. The normalized spacial score (nSPS) is 27.1. The van der Waals surface area contributed by atoms with Gasteiger partial charge in [-0.2, -0.15) is 0 Å². The molecule has 2 heterocycles. The first-order chi connectivity index (χ1) is 8.29. The van der Waals surface area contributed by atoms with E-state index in [1.807, 2.05) is 7.05 Å². The fraction of sp³-hybridized carbons (Fsp3) is 0.769. The van der Waals surface area contributed by atoms with Crippen molar-refractivity contribution >= 4 is 29.9 Å². The molecule has 2 fully saturated rings. The van der Waals surface area contributed by atoms with Gasteiger partial charge in [-0.25, -0.2) is 0 Å². The van der Waals surface area contributed by atoms with Gasteiger partial charge in [-0.1, -0.05) is 0 Å². The van der Waals surface area contributed by atoms with Crippen LogP contribution < -0.4 is 5.32 Å². The lowest BCUT2D eigenvalue weighted by Crippen LogP contribution is -2.41. The first kappa shape index (κ1) is 15.6. The lowest BCUT2D eigenvalue weighted by atomic mass is 9.87. The van der Waals surface area contributed by atoms with E-state index >= 15 is 0 Å². The van der Waals surface area contributed by atoms with Crippen LogP contribution in [0.2, 0.25) is 0 Å². The molecule has 1 unspecified atom stereocenters. The molecule has 2 saturated heterocycles. The van der Waals surface area contributed by atoms with Gasteiger partial charge in [0.1, 0.15) is 0 Å². The van der Waals surface area contributed by atoms with Crippen molar-refractivity contribution in [2.75, 3.05) is 39.9 Å². The monoisotopic (exact) mass is 363 g/mol. The summed E-state index contributed by atoms with van der Waals surface area (Å²) in [6, 6.07) is 0. The van der Waals surface area contributed by atoms with E-state index < -0.39 is 0 Å². The van der Waals surface area contributed by atoms with Gasteiger partial charge in [0.05, 0.1) is 6.61 Å². The van der Waals surface area contributed by atoms with E-state index in [1.54, 1.807) is 0 Å². The Hall–Kier alpha value is -0.480. The third-order valence-electron chi connectivity index (χ3n) is 3.69.